The van der Waals surface area contributed by atoms with Gasteiger partial charge >= 0.3 is 5.97 Å². The molecule has 2 N–H and O–H groups in total. The average Bonchev–Trinajstić information content (AvgIpc) is 2.72. The Balaban J connectivity index is 2.19. The maximum Gasteiger partial charge on any atom is 0.338 e. The number of carboxylic acid groups (broad SMARTS) is 1. The summed E-state index contributed by atoms with van der Waals surface area (Å²) in [6.45, 7) is 2.21. The molecule has 0 aliphatic carbocycles. The Morgan fingerprint density at radius 3 is 2.94 bits per heavy atom. The Morgan fingerprint density at radius 2 is 2.33 bits per heavy atom. The van der Waals surface area contributed by atoms with Crippen molar-refractivity contribution in [2.24, 2.45) is 0 Å². The van der Waals surface area contributed by atoms with Crippen LogP contribution in [0.1, 0.15) is 21.8 Å². The Labute approximate surface area is 112 Å². The molecule has 1 aromatic heterocycles. The average molecular weight is 311 g/mol. The number of nitrogens with one attached hydrogen (secondary N) is 1. The molecule has 0 saturated heterocycles. The van der Waals surface area contributed by atoms with Crippen LogP contribution in [-0.4, -0.2) is 16.2 Å². The smallest absolute Gasteiger partial charge is 0.338 e. The minimum Gasteiger partial charge on any atom is -0.478 e. The molecule has 0 bridgehead atoms. The van der Waals surface area contributed by atoms with Crippen molar-refractivity contribution in [2.75, 3.05) is 5.32 Å². The van der Waals surface area contributed by atoms with E-state index >= 15 is 0 Å². The molecule has 0 atom stereocenters. The zero-order chi connectivity index (χ0) is 13.1. The van der Waals surface area contributed by atoms with Crippen LogP contribution in [0.3, 0.4) is 0 Å². The van der Waals surface area contributed by atoms with Crippen LogP contribution in [0.5, 0.6) is 0 Å². The van der Waals surface area contributed by atoms with Crippen molar-refractivity contribution in [3.63, 3.8) is 0 Å². The fraction of sp³-hybridized carbons (Fsp3) is 0.167. The maximum atomic E-state index is 11.2. The van der Waals surface area contributed by atoms with Crippen molar-refractivity contribution in [1.29, 1.82) is 0 Å². The van der Waals surface area contributed by atoms with Crippen molar-refractivity contribution < 1.29 is 14.4 Å². The van der Waals surface area contributed by atoms with E-state index in [1.165, 1.54) is 0 Å². The lowest BCUT2D eigenvalue weighted by molar-refractivity contribution is 0.0697. The zero-order valence-corrected chi connectivity index (χ0v) is 11.2. The molecule has 1 heterocycles. The fourth-order valence-corrected chi connectivity index (χ4v) is 2.11. The van der Waals surface area contributed by atoms with Crippen molar-refractivity contribution in [3.05, 3.63) is 45.8 Å². The van der Waals surface area contributed by atoms with Gasteiger partial charge in [0.15, 0.2) is 0 Å². The van der Waals surface area contributed by atoms with Crippen LogP contribution in [0.2, 0.25) is 0 Å². The highest BCUT2D eigenvalue weighted by Crippen LogP contribution is 2.25. The number of aromatic nitrogens is 1. The van der Waals surface area contributed by atoms with E-state index in [4.69, 9.17) is 9.63 Å². The van der Waals surface area contributed by atoms with Crippen LogP contribution in [0.15, 0.2) is 33.3 Å². The number of aryl methyl sites for hydroxylation is 1. The first-order valence-electron chi connectivity index (χ1n) is 5.26. The van der Waals surface area contributed by atoms with Gasteiger partial charge in [0.05, 0.1) is 17.8 Å². The number of hydrogen-bond acceptors (Lipinski definition) is 4. The number of rotatable bonds is 4. The second-order valence-electron chi connectivity index (χ2n) is 3.75. The number of carbonyl (C=O) groups is 1. The van der Waals surface area contributed by atoms with E-state index in [9.17, 15) is 4.79 Å². The third kappa shape index (κ3) is 2.70. The summed E-state index contributed by atoms with van der Waals surface area (Å²) in [7, 11) is 0. The first-order chi connectivity index (χ1) is 8.58. The molecule has 0 unspecified atom stereocenters. The molecule has 2 aromatic rings. The zero-order valence-electron chi connectivity index (χ0n) is 9.61. The number of hydrogen-bond donors (Lipinski definition) is 2. The molecule has 0 spiro atoms. The molecule has 0 aliphatic rings. The number of benzene rings is 1. The van der Waals surface area contributed by atoms with Crippen LogP contribution in [-0.2, 0) is 6.54 Å². The Bertz CT molecular complexity index is 580. The van der Waals surface area contributed by atoms with Gasteiger partial charge in [-0.05, 0) is 35.0 Å². The van der Waals surface area contributed by atoms with E-state index in [0.717, 1.165) is 11.5 Å². The van der Waals surface area contributed by atoms with Crippen LogP contribution >= 0.6 is 15.9 Å². The van der Waals surface area contributed by atoms with Gasteiger partial charge in [0.1, 0.15) is 11.5 Å². The van der Waals surface area contributed by atoms with Gasteiger partial charge in [-0.25, -0.2) is 4.79 Å². The minimum absolute atomic E-state index is 0.206. The van der Waals surface area contributed by atoms with Gasteiger partial charge in [-0.3, -0.25) is 0 Å². The molecule has 6 heteroatoms. The van der Waals surface area contributed by atoms with Crippen LogP contribution < -0.4 is 5.32 Å². The van der Waals surface area contributed by atoms with E-state index in [1.54, 1.807) is 31.2 Å². The quantitative estimate of drug-likeness (QED) is 0.907. The molecule has 0 saturated carbocycles. The molecule has 5 nitrogen and oxygen atoms in total. The number of halogens is 1. The minimum atomic E-state index is -0.985. The van der Waals surface area contributed by atoms with E-state index in [0.29, 0.717) is 16.7 Å². The Kier molecular flexibility index (Phi) is 3.66. The van der Waals surface area contributed by atoms with Crippen molar-refractivity contribution in [2.45, 2.75) is 13.5 Å². The summed E-state index contributed by atoms with van der Waals surface area (Å²) in [5, 5.41) is 16.0. The summed E-state index contributed by atoms with van der Waals surface area (Å²) < 4.78 is 5.48. The lowest BCUT2D eigenvalue weighted by atomic mass is 10.2. The highest BCUT2D eigenvalue weighted by Gasteiger charge is 2.13. The molecule has 1 aromatic carbocycles. The molecule has 0 radical (unpaired) electrons. The van der Waals surface area contributed by atoms with Gasteiger partial charge in [0.2, 0.25) is 0 Å². The molecule has 2 rings (SSSR count). The normalized spacial score (nSPS) is 10.3. The highest BCUT2D eigenvalue weighted by molar-refractivity contribution is 9.10. The Morgan fingerprint density at radius 1 is 1.56 bits per heavy atom. The molecular weight excluding hydrogens is 300 g/mol. The van der Waals surface area contributed by atoms with Gasteiger partial charge in [0.25, 0.3) is 0 Å². The maximum absolute atomic E-state index is 11.2. The van der Waals surface area contributed by atoms with Crippen LogP contribution in [0, 0.1) is 6.92 Å². The van der Waals surface area contributed by atoms with E-state index < -0.39 is 5.97 Å². The molecule has 0 amide bonds. The molecule has 0 aliphatic heterocycles. The van der Waals surface area contributed by atoms with Gasteiger partial charge in [-0.1, -0.05) is 11.2 Å². The van der Waals surface area contributed by atoms with Gasteiger partial charge in [0, 0.05) is 10.5 Å². The van der Waals surface area contributed by atoms with Gasteiger partial charge in [-0.2, -0.15) is 0 Å². The molecule has 94 valence electrons. The van der Waals surface area contributed by atoms with Crippen LogP contribution in [0.25, 0.3) is 0 Å². The predicted octanol–water partition coefficient (Wildman–Crippen LogP) is 3.06. The van der Waals surface area contributed by atoms with Gasteiger partial charge in [-0.15, -0.1) is 0 Å². The third-order valence-electron chi connectivity index (χ3n) is 2.36. The monoisotopic (exact) mass is 310 g/mol. The number of aromatic carboxylic acids is 1. The number of nitrogens with zero attached hydrogens (tertiary/aromatic N) is 1. The van der Waals surface area contributed by atoms with E-state index in [2.05, 4.69) is 26.4 Å². The summed E-state index contributed by atoms with van der Waals surface area (Å²) >= 11 is 3.22. The first kappa shape index (κ1) is 12.6. The number of carboxylic acids is 1. The summed E-state index contributed by atoms with van der Waals surface area (Å²) in [5.74, 6) is -0.263. The third-order valence-corrected chi connectivity index (χ3v) is 3.03. The van der Waals surface area contributed by atoms with Crippen LogP contribution in [0.4, 0.5) is 5.69 Å². The SMILES string of the molecule is Cc1cc(CNc2cccc(Br)c2C(=O)O)no1. The standard InChI is InChI=1S/C12H11BrN2O3/c1-7-5-8(15-18-7)6-14-10-4-2-3-9(13)11(10)12(16)17/h2-5,14H,6H2,1H3,(H,16,17). The first-order valence-corrected chi connectivity index (χ1v) is 6.05. The summed E-state index contributed by atoms with van der Waals surface area (Å²) in [5.41, 5.74) is 1.47. The molecular formula is C12H11BrN2O3. The lowest BCUT2D eigenvalue weighted by Gasteiger charge is -2.09. The van der Waals surface area contributed by atoms with Crippen molar-refractivity contribution in [1.82, 2.24) is 5.16 Å². The second-order valence-corrected chi connectivity index (χ2v) is 4.60. The highest BCUT2D eigenvalue weighted by atomic mass is 79.9. The summed E-state index contributed by atoms with van der Waals surface area (Å²) in [6, 6.07) is 6.97. The largest absolute Gasteiger partial charge is 0.478 e. The lowest BCUT2D eigenvalue weighted by Crippen LogP contribution is -2.07. The summed E-state index contributed by atoms with van der Waals surface area (Å²) in [4.78, 5) is 11.2. The summed E-state index contributed by atoms with van der Waals surface area (Å²) in [6.07, 6.45) is 0. The van der Waals surface area contributed by atoms with E-state index in [-0.39, 0.29) is 5.56 Å². The Hall–Kier alpha value is -1.82. The van der Waals surface area contributed by atoms with Crippen molar-refractivity contribution in [3.8, 4) is 0 Å². The number of anilines is 1. The van der Waals surface area contributed by atoms with Gasteiger partial charge < -0.3 is 14.9 Å². The predicted molar refractivity (Wildman–Crippen MR) is 69.7 cm³/mol. The molecule has 0 fully saturated rings. The molecule has 18 heavy (non-hydrogen) atoms. The fourth-order valence-electron chi connectivity index (χ4n) is 1.58. The van der Waals surface area contributed by atoms with E-state index in [1.807, 2.05) is 0 Å². The van der Waals surface area contributed by atoms with Crippen molar-refractivity contribution >= 4 is 27.6 Å². The topological polar surface area (TPSA) is 75.4 Å². The second kappa shape index (κ2) is 5.22.